The van der Waals surface area contributed by atoms with Crippen LogP contribution in [0.25, 0.3) is 0 Å². The van der Waals surface area contributed by atoms with E-state index in [1.165, 1.54) is 0 Å². The van der Waals surface area contributed by atoms with Crippen molar-refractivity contribution in [3.63, 3.8) is 0 Å². The van der Waals surface area contributed by atoms with Gasteiger partial charge in [0.15, 0.2) is 6.10 Å². The van der Waals surface area contributed by atoms with Gasteiger partial charge < -0.3 is 21.1 Å². The molecule has 1 aliphatic rings. The van der Waals surface area contributed by atoms with Crippen LogP contribution in [-0.2, 0) is 9.59 Å². The lowest BCUT2D eigenvalue weighted by Crippen LogP contribution is -2.30. The molecule has 1 atom stereocenters. The van der Waals surface area contributed by atoms with E-state index in [1.54, 1.807) is 30.1 Å². The molecule has 0 radical (unpaired) electrons. The number of carbonyl (C=O) groups excluding carboxylic acids is 2. The summed E-state index contributed by atoms with van der Waals surface area (Å²) in [6.45, 7) is 0.0925. The van der Waals surface area contributed by atoms with Gasteiger partial charge in [-0.15, -0.1) is 0 Å². The smallest absolute Gasteiger partial charge is 0.257 e. The first-order chi connectivity index (χ1) is 7.99. The molecule has 1 heterocycles. The van der Waals surface area contributed by atoms with E-state index in [-0.39, 0.29) is 6.54 Å². The Morgan fingerprint density at radius 3 is 2.94 bits per heavy atom. The summed E-state index contributed by atoms with van der Waals surface area (Å²) in [5.41, 5.74) is 6.96. The quantitative estimate of drug-likeness (QED) is 0.663. The lowest BCUT2D eigenvalue weighted by Gasteiger charge is -2.18. The number of anilines is 2. The number of carbonyl (C=O) groups is 2. The Bertz CT molecular complexity index is 487. The lowest BCUT2D eigenvalue weighted by atomic mass is 10.1. The molecular weight excluding hydrogens is 222 g/mol. The maximum atomic E-state index is 11.2. The third-order valence-electron chi connectivity index (χ3n) is 2.67. The highest BCUT2D eigenvalue weighted by Gasteiger charge is 2.28. The molecule has 0 spiro atoms. The summed E-state index contributed by atoms with van der Waals surface area (Å²) in [4.78, 5) is 23.7. The highest BCUT2D eigenvalue weighted by atomic mass is 16.3. The van der Waals surface area contributed by atoms with Gasteiger partial charge in [0.2, 0.25) is 5.91 Å². The second kappa shape index (κ2) is 4.06. The Morgan fingerprint density at radius 2 is 2.29 bits per heavy atom. The van der Waals surface area contributed by atoms with E-state index in [9.17, 15) is 14.7 Å². The second-order valence-electron chi connectivity index (χ2n) is 3.99. The molecule has 0 bridgehead atoms. The molecule has 0 aliphatic carbocycles. The molecule has 1 aliphatic heterocycles. The van der Waals surface area contributed by atoms with Gasteiger partial charge in [-0.2, -0.15) is 0 Å². The number of nitrogens with zero attached hydrogens (tertiary/aromatic N) is 1. The molecule has 1 aromatic rings. The molecule has 2 rings (SSSR count). The number of fused-ring (bicyclic) bond motifs is 1. The first-order valence-electron chi connectivity index (χ1n) is 5.11. The van der Waals surface area contributed by atoms with Gasteiger partial charge in [0.25, 0.3) is 5.91 Å². The van der Waals surface area contributed by atoms with Gasteiger partial charge in [0.1, 0.15) is 0 Å². The average Bonchev–Trinajstić information content (AvgIpc) is 2.53. The number of hydrogen-bond donors (Lipinski definition) is 3. The molecule has 0 saturated carbocycles. The van der Waals surface area contributed by atoms with E-state index in [0.717, 1.165) is 5.69 Å². The monoisotopic (exact) mass is 235 g/mol. The Kier molecular flexibility index (Phi) is 2.72. The van der Waals surface area contributed by atoms with Crippen molar-refractivity contribution in [3.8, 4) is 0 Å². The van der Waals surface area contributed by atoms with Crippen LogP contribution in [0.1, 0.15) is 11.7 Å². The summed E-state index contributed by atoms with van der Waals surface area (Å²) in [7, 11) is 1.72. The van der Waals surface area contributed by atoms with Crippen molar-refractivity contribution in [2.24, 2.45) is 5.73 Å². The summed E-state index contributed by atoms with van der Waals surface area (Å²) in [6.07, 6.45) is -1.11. The summed E-state index contributed by atoms with van der Waals surface area (Å²) in [5.74, 6) is -0.869. The first-order valence-corrected chi connectivity index (χ1v) is 5.11. The van der Waals surface area contributed by atoms with Crippen LogP contribution in [0.5, 0.6) is 0 Å². The van der Waals surface area contributed by atoms with Crippen LogP contribution in [0, 0.1) is 0 Å². The molecule has 0 aromatic heterocycles. The average molecular weight is 235 g/mol. The molecule has 2 amide bonds. The van der Waals surface area contributed by atoms with Crippen molar-refractivity contribution in [2.75, 3.05) is 23.8 Å². The zero-order chi connectivity index (χ0) is 12.6. The first kappa shape index (κ1) is 11.4. The zero-order valence-electron chi connectivity index (χ0n) is 9.30. The number of aliphatic hydroxyl groups is 1. The van der Waals surface area contributed by atoms with E-state index in [0.29, 0.717) is 11.3 Å². The van der Waals surface area contributed by atoms with Crippen LogP contribution in [0.3, 0.4) is 0 Å². The van der Waals surface area contributed by atoms with Gasteiger partial charge in [0, 0.05) is 24.0 Å². The maximum absolute atomic E-state index is 11.2. The van der Waals surface area contributed by atoms with Crippen molar-refractivity contribution in [1.82, 2.24) is 0 Å². The minimum absolute atomic E-state index is 0.0925. The summed E-state index contributed by atoms with van der Waals surface area (Å²) >= 11 is 0. The SMILES string of the molecule is CN(CC(N)=O)c1ccc2c(c1)NC(=O)C2O. The number of primary amides is 1. The molecule has 90 valence electrons. The van der Waals surface area contributed by atoms with Crippen molar-refractivity contribution in [1.29, 1.82) is 0 Å². The molecule has 6 heteroatoms. The number of hydrogen-bond acceptors (Lipinski definition) is 4. The number of aliphatic hydroxyl groups excluding tert-OH is 1. The van der Waals surface area contributed by atoms with E-state index in [4.69, 9.17) is 5.73 Å². The largest absolute Gasteiger partial charge is 0.378 e. The van der Waals surface area contributed by atoms with Crippen LogP contribution < -0.4 is 16.0 Å². The number of nitrogens with two attached hydrogens (primary N) is 1. The molecule has 0 fully saturated rings. The minimum Gasteiger partial charge on any atom is -0.378 e. The molecule has 6 nitrogen and oxygen atoms in total. The van der Waals surface area contributed by atoms with Crippen LogP contribution in [-0.4, -0.2) is 30.5 Å². The van der Waals surface area contributed by atoms with Crippen LogP contribution in [0.2, 0.25) is 0 Å². The third kappa shape index (κ3) is 2.07. The normalized spacial score (nSPS) is 17.5. The Balaban J connectivity index is 2.27. The molecule has 1 aromatic carbocycles. The van der Waals surface area contributed by atoms with E-state index >= 15 is 0 Å². The maximum Gasteiger partial charge on any atom is 0.257 e. The van der Waals surface area contributed by atoms with Gasteiger partial charge in [-0.05, 0) is 12.1 Å². The molecule has 0 saturated heterocycles. The molecule has 17 heavy (non-hydrogen) atoms. The molecule has 4 N–H and O–H groups in total. The number of rotatable bonds is 3. The number of nitrogens with one attached hydrogen (secondary N) is 1. The fourth-order valence-electron chi connectivity index (χ4n) is 1.80. The number of benzene rings is 1. The van der Waals surface area contributed by atoms with Crippen molar-refractivity contribution < 1.29 is 14.7 Å². The van der Waals surface area contributed by atoms with Crippen LogP contribution in [0.4, 0.5) is 11.4 Å². The summed E-state index contributed by atoms with van der Waals surface area (Å²) in [5, 5.41) is 12.1. The fraction of sp³-hybridized carbons (Fsp3) is 0.273. The summed E-state index contributed by atoms with van der Waals surface area (Å²) < 4.78 is 0. The van der Waals surface area contributed by atoms with Gasteiger partial charge in [-0.1, -0.05) is 6.07 Å². The molecule has 1 unspecified atom stereocenters. The van der Waals surface area contributed by atoms with Gasteiger partial charge in [0.05, 0.1) is 6.54 Å². The van der Waals surface area contributed by atoms with Crippen molar-refractivity contribution >= 4 is 23.2 Å². The zero-order valence-corrected chi connectivity index (χ0v) is 9.30. The third-order valence-corrected chi connectivity index (χ3v) is 2.67. The highest BCUT2D eigenvalue weighted by Crippen LogP contribution is 2.33. The van der Waals surface area contributed by atoms with Crippen LogP contribution in [0.15, 0.2) is 18.2 Å². The predicted octanol–water partition coefficient (Wildman–Crippen LogP) is -0.406. The van der Waals surface area contributed by atoms with Crippen molar-refractivity contribution in [2.45, 2.75) is 6.10 Å². The Labute approximate surface area is 98.0 Å². The summed E-state index contributed by atoms with van der Waals surface area (Å²) in [6, 6.07) is 5.09. The topological polar surface area (TPSA) is 95.7 Å². The van der Waals surface area contributed by atoms with Gasteiger partial charge >= 0.3 is 0 Å². The standard InChI is InChI=1S/C11H13N3O3/c1-14(5-9(12)15)6-2-3-7-8(4-6)13-11(17)10(7)16/h2-4,10,16H,5H2,1H3,(H2,12,15)(H,13,17). The van der Waals surface area contributed by atoms with E-state index in [1.807, 2.05) is 0 Å². The van der Waals surface area contributed by atoms with Gasteiger partial charge in [-0.25, -0.2) is 0 Å². The minimum atomic E-state index is -1.11. The predicted molar refractivity (Wildman–Crippen MR) is 62.5 cm³/mol. The second-order valence-corrected chi connectivity index (χ2v) is 3.99. The number of likely N-dealkylation sites (N-methyl/N-ethyl adjacent to an activating group) is 1. The fourth-order valence-corrected chi connectivity index (χ4v) is 1.80. The Hall–Kier alpha value is -2.08. The van der Waals surface area contributed by atoms with Crippen LogP contribution >= 0.6 is 0 Å². The van der Waals surface area contributed by atoms with E-state index in [2.05, 4.69) is 5.32 Å². The molecular formula is C11H13N3O3. The highest BCUT2D eigenvalue weighted by molar-refractivity contribution is 6.02. The Morgan fingerprint density at radius 1 is 1.59 bits per heavy atom. The van der Waals surface area contributed by atoms with Crippen molar-refractivity contribution in [3.05, 3.63) is 23.8 Å². The lowest BCUT2D eigenvalue weighted by molar-refractivity contribution is -0.123. The number of amides is 2. The van der Waals surface area contributed by atoms with Gasteiger partial charge in [-0.3, -0.25) is 9.59 Å². The van der Waals surface area contributed by atoms with E-state index < -0.39 is 17.9 Å².